The largest absolute Gasteiger partial charge is 0.497 e. The summed E-state index contributed by atoms with van der Waals surface area (Å²) in [5.74, 6) is 1.37. The van der Waals surface area contributed by atoms with Crippen molar-refractivity contribution in [3.8, 4) is 11.5 Å². The Morgan fingerprint density at radius 1 is 1.09 bits per heavy atom. The van der Waals surface area contributed by atoms with Crippen LogP contribution in [0.25, 0.3) is 0 Å². The van der Waals surface area contributed by atoms with Gasteiger partial charge in [0.1, 0.15) is 23.9 Å². The Labute approximate surface area is 136 Å². The van der Waals surface area contributed by atoms with Gasteiger partial charge in [-0.3, -0.25) is 0 Å². The predicted octanol–water partition coefficient (Wildman–Crippen LogP) is 5.24. The smallest absolute Gasteiger partial charge is 0.130 e. The number of hydrogen-bond donors (Lipinski definition) is 0. The first-order chi connectivity index (χ1) is 11.3. The van der Waals surface area contributed by atoms with Gasteiger partial charge in [-0.1, -0.05) is 30.4 Å². The minimum absolute atomic E-state index is 0.186. The fourth-order valence-electron chi connectivity index (χ4n) is 2.86. The summed E-state index contributed by atoms with van der Waals surface area (Å²) < 4.78 is 25.1. The van der Waals surface area contributed by atoms with Crippen LogP contribution in [0.15, 0.2) is 54.6 Å². The third-order valence-electron chi connectivity index (χ3n) is 4.19. The summed E-state index contributed by atoms with van der Waals surface area (Å²) in [6.07, 6.45) is 7.48. The first kappa shape index (κ1) is 15.6. The van der Waals surface area contributed by atoms with Crippen LogP contribution < -0.4 is 9.47 Å². The normalized spacial score (nSPS) is 17.0. The van der Waals surface area contributed by atoms with Crippen molar-refractivity contribution in [3.05, 3.63) is 71.6 Å². The molecule has 23 heavy (non-hydrogen) atoms. The Hall–Kier alpha value is -2.29. The Morgan fingerprint density at radius 3 is 2.52 bits per heavy atom. The minimum Gasteiger partial charge on any atom is -0.497 e. The second-order valence-corrected chi connectivity index (χ2v) is 5.79. The van der Waals surface area contributed by atoms with Crippen LogP contribution in [0.5, 0.6) is 11.5 Å². The van der Waals surface area contributed by atoms with Crippen molar-refractivity contribution in [1.82, 2.24) is 0 Å². The molecule has 0 aliphatic heterocycles. The molecular formula is C20H21FO2. The second-order valence-electron chi connectivity index (χ2n) is 5.79. The van der Waals surface area contributed by atoms with E-state index in [1.807, 2.05) is 36.4 Å². The zero-order valence-corrected chi connectivity index (χ0v) is 13.3. The molecule has 0 bridgehead atoms. The van der Waals surface area contributed by atoms with E-state index in [2.05, 4.69) is 12.2 Å². The maximum absolute atomic E-state index is 14.3. The van der Waals surface area contributed by atoms with Gasteiger partial charge in [-0.05, 0) is 48.6 Å². The zero-order chi connectivity index (χ0) is 16.1. The molecular weight excluding hydrogens is 291 g/mol. The van der Waals surface area contributed by atoms with E-state index in [1.54, 1.807) is 7.11 Å². The lowest BCUT2D eigenvalue weighted by atomic mass is 9.89. The van der Waals surface area contributed by atoms with Crippen molar-refractivity contribution in [2.45, 2.75) is 31.8 Å². The standard InChI is InChI=1S/C20H21FO2/c1-22-17-9-7-15(8-10-17)14-23-18-11-12-19(20(21)13-18)16-5-3-2-4-6-16/h3,5,7-13,16H,2,4,6,14H2,1H3. The molecule has 0 radical (unpaired) electrons. The van der Waals surface area contributed by atoms with Crippen LogP contribution in [0, 0.1) is 5.82 Å². The van der Waals surface area contributed by atoms with Crippen molar-refractivity contribution in [3.63, 3.8) is 0 Å². The van der Waals surface area contributed by atoms with Crippen LogP contribution in [0.4, 0.5) is 4.39 Å². The summed E-state index contributed by atoms with van der Waals surface area (Å²) in [5, 5.41) is 0. The molecule has 2 aromatic carbocycles. The number of ether oxygens (including phenoxy) is 2. The van der Waals surface area contributed by atoms with Gasteiger partial charge in [0, 0.05) is 12.0 Å². The molecule has 0 N–H and O–H groups in total. The lowest BCUT2D eigenvalue weighted by Gasteiger charge is -2.18. The van der Waals surface area contributed by atoms with Crippen LogP contribution in [0.3, 0.4) is 0 Å². The van der Waals surface area contributed by atoms with Crippen molar-refractivity contribution in [1.29, 1.82) is 0 Å². The molecule has 0 aromatic heterocycles. The Kier molecular flexibility index (Phi) is 4.96. The molecule has 0 heterocycles. The molecule has 0 saturated heterocycles. The lowest BCUT2D eigenvalue weighted by Crippen LogP contribution is -2.03. The molecule has 1 unspecified atom stereocenters. The summed E-state index contributed by atoms with van der Waals surface area (Å²) in [4.78, 5) is 0. The topological polar surface area (TPSA) is 18.5 Å². The van der Waals surface area contributed by atoms with Gasteiger partial charge in [0.25, 0.3) is 0 Å². The number of allylic oxidation sites excluding steroid dienone is 2. The highest BCUT2D eigenvalue weighted by atomic mass is 19.1. The van der Waals surface area contributed by atoms with Gasteiger partial charge in [-0.2, -0.15) is 0 Å². The number of halogens is 1. The third kappa shape index (κ3) is 3.92. The minimum atomic E-state index is -0.186. The number of methoxy groups -OCH3 is 1. The first-order valence-corrected chi connectivity index (χ1v) is 7.98. The SMILES string of the molecule is COc1ccc(COc2ccc(C3C=CCCC3)c(F)c2)cc1. The molecule has 1 aliphatic carbocycles. The molecule has 0 spiro atoms. The van der Waals surface area contributed by atoms with Gasteiger partial charge in [0.15, 0.2) is 0 Å². The predicted molar refractivity (Wildman–Crippen MR) is 89.5 cm³/mol. The molecule has 2 aromatic rings. The van der Waals surface area contributed by atoms with Gasteiger partial charge in [0.05, 0.1) is 7.11 Å². The first-order valence-electron chi connectivity index (χ1n) is 7.98. The van der Waals surface area contributed by atoms with Crippen LogP contribution in [-0.2, 0) is 6.61 Å². The Bertz CT molecular complexity index is 677. The van der Waals surface area contributed by atoms with Crippen LogP contribution in [0.2, 0.25) is 0 Å². The van der Waals surface area contributed by atoms with E-state index in [4.69, 9.17) is 9.47 Å². The highest BCUT2D eigenvalue weighted by Gasteiger charge is 2.15. The number of rotatable bonds is 5. The highest BCUT2D eigenvalue weighted by molar-refractivity contribution is 5.34. The molecule has 0 saturated carbocycles. The molecule has 1 aliphatic rings. The molecule has 0 fully saturated rings. The quantitative estimate of drug-likeness (QED) is 0.703. The molecule has 3 heteroatoms. The van der Waals surface area contributed by atoms with Gasteiger partial charge in [-0.25, -0.2) is 4.39 Å². The van der Waals surface area contributed by atoms with E-state index in [0.717, 1.165) is 36.1 Å². The summed E-state index contributed by atoms with van der Waals surface area (Å²) in [6.45, 7) is 0.409. The van der Waals surface area contributed by atoms with Crippen molar-refractivity contribution in [2.24, 2.45) is 0 Å². The molecule has 2 nitrogen and oxygen atoms in total. The van der Waals surface area contributed by atoms with E-state index in [0.29, 0.717) is 12.4 Å². The van der Waals surface area contributed by atoms with E-state index < -0.39 is 0 Å². The zero-order valence-electron chi connectivity index (χ0n) is 13.3. The van der Waals surface area contributed by atoms with Crippen molar-refractivity contribution >= 4 is 0 Å². The Morgan fingerprint density at radius 2 is 1.87 bits per heavy atom. The molecule has 1 atom stereocenters. The highest BCUT2D eigenvalue weighted by Crippen LogP contribution is 2.31. The van der Waals surface area contributed by atoms with Crippen molar-refractivity contribution < 1.29 is 13.9 Å². The Balaban J connectivity index is 1.65. The van der Waals surface area contributed by atoms with E-state index in [-0.39, 0.29) is 11.7 Å². The maximum Gasteiger partial charge on any atom is 0.130 e. The van der Waals surface area contributed by atoms with Gasteiger partial charge in [-0.15, -0.1) is 0 Å². The van der Waals surface area contributed by atoms with E-state index >= 15 is 0 Å². The molecule has 0 amide bonds. The van der Waals surface area contributed by atoms with Crippen molar-refractivity contribution in [2.75, 3.05) is 7.11 Å². The molecule has 120 valence electrons. The van der Waals surface area contributed by atoms with E-state index in [1.165, 1.54) is 6.07 Å². The number of hydrogen-bond acceptors (Lipinski definition) is 2. The average molecular weight is 312 g/mol. The third-order valence-corrected chi connectivity index (χ3v) is 4.19. The van der Waals surface area contributed by atoms with Crippen LogP contribution in [-0.4, -0.2) is 7.11 Å². The van der Waals surface area contributed by atoms with Gasteiger partial charge < -0.3 is 9.47 Å². The fourth-order valence-corrected chi connectivity index (χ4v) is 2.86. The lowest BCUT2D eigenvalue weighted by molar-refractivity contribution is 0.304. The summed E-state index contributed by atoms with van der Waals surface area (Å²) in [7, 11) is 1.64. The fraction of sp³-hybridized carbons (Fsp3) is 0.300. The monoisotopic (exact) mass is 312 g/mol. The van der Waals surface area contributed by atoms with E-state index in [9.17, 15) is 4.39 Å². The summed E-state index contributed by atoms with van der Waals surface area (Å²) >= 11 is 0. The van der Waals surface area contributed by atoms with Crippen LogP contribution >= 0.6 is 0 Å². The molecule has 3 rings (SSSR count). The maximum atomic E-state index is 14.3. The summed E-state index contributed by atoms with van der Waals surface area (Å²) in [6, 6.07) is 12.8. The van der Waals surface area contributed by atoms with Gasteiger partial charge >= 0.3 is 0 Å². The average Bonchev–Trinajstić information content (AvgIpc) is 2.61. The van der Waals surface area contributed by atoms with Gasteiger partial charge in [0.2, 0.25) is 0 Å². The summed E-state index contributed by atoms with van der Waals surface area (Å²) in [5.41, 5.74) is 1.78. The van der Waals surface area contributed by atoms with Crippen LogP contribution in [0.1, 0.15) is 36.3 Å². The second kappa shape index (κ2) is 7.32. The number of benzene rings is 2.